The van der Waals surface area contributed by atoms with Crippen LogP contribution in [0.5, 0.6) is 0 Å². The van der Waals surface area contributed by atoms with Crippen LogP contribution in [0.25, 0.3) is 0 Å². The molecule has 0 fully saturated rings. The highest BCUT2D eigenvalue weighted by Gasteiger charge is 2.24. The third-order valence-electron chi connectivity index (χ3n) is 5.41. The maximum atomic E-state index is 9.72. The van der Waals surface area contributed by atoms with Crippen molar-refractivity contribution in [1.82, 2.24) is 5.32 Å². The molecular weight excluding hydrogens is 404 g/mol. The van der Waals surface area contributed by atoms with Gasteiger partial charge in [-0.25, -0.2) is 5.26 Å². The number of aryl methyl sites for hydroxylation is 1. The number of hydrogen-bond donors (Lipinski definition) is 4. The highest BCUT2D eigenvalue weighted by Crippen LogP contribution is 2.38. The molecule has 0 aromatic heterocycles. The van der Waals surface area contributed by atoms with E-state index in [4.69, 9.17) is 22.0 Å². The highest BCUT2D eigenvalue weighted by molar-refractivity contribution is 6.33. The fourth-order valence-electron chi connectivity index (χ4n) is 3.98. The van der Waals surface area contributed by atoms with Gasteiger partial charge in [-0.2, -0.15) is 0 Å². The molecule has 0 radical (unpaired) electrons. The molecule has 4 rings (SSSR count). The van der Waals surface area contributed by atoms with E-state index < -0.39 is 5.97 Å². The number of halogens is 1. The first kappa shape index (κ1) is 22.2. The molecule has 1 aliphatic heterocycles. The maximum absolute atomic E-state index is 9.72. The minimum atomic E-state index is -1.08. The second-order valence-corrected chi connectivity index (χ2v) is 7.85. The van der Waals surface area contributed by atoms with Crippen LogP contribution in [0.3, 0.4) is 0 Å². The summed E-state index contributed by atoms with van der Waals surface area (Å²) in [6.45, 7) is 5.15. The summed E-state index contributed by atoms with van der Waals surface area (Å²) in [5, 5.41) is 23.8. The number of rotatable bonds is 5. The molecular formula is C23H27ClN2O4. The summed E-state index contributed by atoms with van der Waals surface area (Å²) in [6, 6.07) is 13.4. The lowest BCUT2D eigenvalue weighted by Crippen LogP contribution is -2.16. The monoisotopic (exact) mass is 430 g/mol. The van der Waals surface area contributed by atoms with Gasteiger partial charge in [0.2, 0.25) is 0 Å². The standard InChI is InChI=1S/C19H21ClN2.C4H6O4/c20-17-7-5-14-9-11-21-12-10-16(14)19(17)22-18-8-6-13-3-1-2-4-15(13)18;1-3(8-7)2-4(5)6/h1-5,7,18,21-22H,6,8-12H2;7H,1-2H2,(H,5,6). The highest BCUT2D eigenvalue weighted by atomic mass is 35.5. The van der Waals surface area contributed by atoms with Gasteiger partial charge in [0, 0.05) is 0 Å². The Morgan fingerprint density at radius 3 is 2.67 bits per heavy atom. The third-order valence-corrected chi connectivity index (χ3v) is 5.73. The van der Waals surface area contributed by atoms with Crippen molar-refractivity contribution in [1.29, 1.82) is 0 Å². The van der Waals surface area contributed by atoms with E-state index >= 15 is 0 Å². The number of aliphatic carboxylic acids is 1. The van der Waals surface area contributed by atoms with Gasteiger partial charge in [-0.1, -0.05) is 48.5 Å². The molecule has 2 aromatic rings. The Hall–Kier alpha value is -2.54. The molecule has 0 saturated heterocycles. The van der Waals surface area contributed by atoms with E-state index in [-0.39, 0.29) is 12.2 Å². The van der Waals surface area contributed by atoms with E-state index in [0.29, 0.717) is 6.04 Å². The van der Waals surface area contributed by atoms with Crippen molar-refractivity contribution in [3.63, 3.8) is 0 Å². The predicted molar refractivity (Wildman–Crippen MR) is 118 cm³/mol. The molecule has 30 heavy (non-hydrogen) atoms. The molecule has 0 saturated carbocycles. The molecule has 4 N–H and O–H groups in total. The first-order valence-electron chi connectivity index (χ1n) is 10.1. The summed E-state index contributed by atoms with van der Waals surface area (Å²) in [5.41, 5.74) is 6.90. The Balaban J connectivity index is 0.000000275. The lowest BCUT2D eigenvalue weighted by atomic mass is 9.99. The van der Waals surface area contributed by atoms with Gasteiger partial charge >= 0.3 is 5.97 Å². The predicted octanol–water partition coefficient (Wildman–Crippen LogP) is 4.59. The summed E-state index contributed by atoms with van der Waals surface area (Å²) in [4.78, 5) is 13.2. The number of anilines is 1. The normalized spacial score (nSPS) is 16.9. The zero-order valence-corrected chi connectivity index (χ0v) is 17.5. The minimum Gasteiger partial charge on any atom is -0.481 e. The number of fused-ring (bicyclic) bond motifs is 2. The van der Waals surface area contributed by atoms with E-state index in [2.05, 4.69) is 58.5 Å². The molecule has 7 heteroatoms. The average molecular weight is 431 g/mol. The Kier molecular flexibility index (Phi) is 7.74. The number of carbonyl (C=O) groups is 1. The Bertz CT molecular complexity index is 916. The van der Waals surface area contributed by atoms with Gasteiger partial charge in [0.15, 0.2) is 0 Å². The lowest BCUT2D eigenvalue weighted by Gasteiger charge is -2.21. The molecule has 0 bridgehead atoms. The minimum absolute atomic E-state index is 0.169. The van der Waals surface area contributed by atoms with Gasteiger partial charge in [0.25, 0.3) is 0 Å². The lowest BCUT2D eigenvalue weighted by molar-refractivity contribution is -0.206. The van der Waals surface area contributed by atoms with Crippen molar-refractivity contribution in [2.75, 3.05) is 18.4 Å². The number of nitrogens with one attached hydrogen (secondary N) is 2. The van der Waals surface area contributed by atoms with Gasteiger partial charge in [0.05, 0.1) is 16.8 Å². The van der Waals surface area contributed by atoms with Gasteiger partial charge in [-0.05, 0) is 67.1 Å². The van der Waals surface area contributed by atoms with Gasteiger partial charge < -0.3 is 20.6 Å². The second kappa shape index (κ2) is 10.5. The average Bonchev–Trinajstić information content (AvgIpc) is 2.98. The molecule has 0 amide bonds. The fourth-order valence-corrected chi connectivity index (χ4v) is 4.21. The van der Waals surface area contributed by atoms with E-state index in [1.165, 1.54) is 22.3 Å². The van der Waals surface area contributed by atoms with Crippen molar-refractivity contribution in [3.8, 4) is 0 Å². The van der Waals surface area contributed by atoms with Gasteiger partial charge in [-0.3, -0.25) is 4.79 Å². The van der Waals surface area contributed by atoms with Crippen LogP contribution in [-0.2, 0) is 28.9 Å². The number of benzene rings is 2. The molecule has 1 heterocycles. The van der Waals surface area contributed by atoms with Gasteiger partial charge in [0.1, 0.15) is 12.2 Å². The van der Waals surface area contributed by atoms with Crippen LogP contribution in [0.1, 0.15) is 41.1 Å². The summed E-state index contributed by atoms with van der Waals surface area (Å²) in [5.74, 6) is -1.25. The molecule has 1 unspecified atom stereocenters. The smallest absolute Gasteiger partial charge is 0.311 e. The van der Waals surface area contributed by atoms with E-state index in [0.717, 1.165) is 49.5 Å². The van der Waals surface area contributed by atoms with E-state index in [1.54, 1.807) is 0 Å². The molecule has 1 aliphatic carbocycles. The second-order valence-electron chi connectivity index (χ2n) is 7.44. The molecule has 2 aliphatic rings. The van der Waals surface area contributed by atoms with Crippen molar-refractivity contribution in [2.24, 2.45) is 0 Å². The summed E-state index contributed by atoms with van der Waals surface area (Å²) in [7, 11) is 0. The number of hydrogen-bond acceptors (Lipinski definition) is 5. The largest absolute Gasteiger partial charge is 0.481 e. The molecule has 6 nitrogen and oxygen atoms in total. The Morgan fingerprint density at radius 2 is 1.93 bits per heavy atom. The third kappa shape index (κ3) is 5.53. The van der Waals surface area contributed by atoms with Gasteiger partial charge in [-0.15, -0.1) is 0 Å². The van der Waals surface area contributed by atoms with Crippen LogP contribution in [0.15, 0.2) is 48.7 Å². The fraction of sp³-hybridized carbons (Fsp3) is 0.348. The molecule has 0 spiro atoms. The zero-order valence-electron chi connectivity index (χ0n) is 16.8. The van der Waals surface area contributed by atoms with E-state index in [1.807, 2.05) is 0 Å². The number of carboxylic acids is 1. The van der Waals surface area contributed by atoms with Crippen molar-refractivity contribution >= 4 is 23.3 Å². The zero-order chi connectivity index (χ0) is 21.5. The van der Waals surface area contributed by atoms with Crippen LogP contribution in [-0.4, -0.2) is 29.4 Å². The quantitative estimate of drug-likeness (QED) is 0.315. The maximum Gasteiger partial charge on any atom is 0.311 e. The van der Waals surface area contributed by atoms with Crippen LogP contribution < -0.4 is 10.6 Å². The van der Waals surface area contributed by atoms with Crippen molar-refractivity contribution < 1.29 is 20.0 Å². The molecule has 1 atom stereocenters. The topological polar surface area (TPSA) is 90.8 Å². The van der Waals surface area contributed by atoms with Crippen LogP contribution in [0.4, 0.5) is 5.69 Å². The Labute approximate surface area is 181 Å². The summed E-state index contributed by atoms with van der Waals surface area (Å²) >= 11 is 6.54. The molecule has 2 aromatic carbocycles. The first-order chi connectivity index (χ1) is 14.5. The van der Waals surface area contributed by atoms with Crippen LogP contribution >= 0.6 is 11.6 Å². The first-order valence-corrected chi connectivity index (χ1v) is 10.4. The number of carboxylic acid groups (broad SMARTS) is 1. The SMILES string of the molecule is C=C(CC(=O)O)OO.Clc1ccc2c(c1NC1CCc3ccccc31)CCNCC2. The van der Waals surface area contributed by atoms with Crippen molar-refractivity contribution in [2.45, 2.75) is 38.1 Å². The van der Waals surface area contributed by atoms with Crippen LogP contribution in [0, 0.1) is 0 Å². The van der Waals surface area contributed by atoms with Crippen molar-refractivity contribution in [3.05, 3.63) is 76.0 Å². The summed E-state index contributed by atoms with van der Waals surface area (Å²) in [6.07, 6.45) is 4.07. The molecule has 160 valence electrons. The summed E-state index contributed by atoms with van der Waals surface area (Å²) < 4.78 is 0. The Morgan fingerprint density at radius 1 is 1.17 bits per heavy atom. The van der Waals surface area contributed by atoms with Crippen LogP contribution in [0.2, 0.25) is 5.02 Å². The van der Waals surface area contributed by atoms with E-state index in [9.17, 15) is 4.79 Å².